The van der Waals surface area contributed by atoms with Crippen LogP contribution < -0.4 is 5.32 Å². The first-order chi connectivity index (χ1) is 10.8. The lowest BCUT2D eigenvalue weighted by molar-refractivity contribution is -0.119. The number of hydrogen-bond acceptors (Lipinski definition) is 3. The molecule has 0 radical (unpaired) electrons. The lowest BCUT2D eigenvalue weighted by atomic mass is 10.1. The third-order valence-corrected chi connectivity index (χ3v) is 4.29. The molecule has 0 bridgehead atoms. The van der Waals surface area contributed by atoms with Crippen LogP contribution in [0.2, 0.25) is 5.02 Å². The first-order valence-electron chi connectivity index (χ1n) is 7.41. The number of rotatable bonds is 5. The number of carbonyl (C=O) groups excluding carboxylic acids is 2. The molecule has 2 rings (SSSR count). The van der Waals surface area contributed by atoms with Crippen molar-refractivity contribution in [3.05, 3.63) is 46.2 Å². The van der Waals surface area contributed by atoms with Crippen molar-refractivity contribution >= 4 is 29.0 Å². The molecule has 1 aromatic heterocycles. The molecule has 1 atom stereocenters. The van der Waals surface area contributed by atoms with Crippen molar-refractivity contribution < 1.29 is 9.59 Å². The summed E-state index contributed by atoms with van der Waals surface area (Å²) in [6.45, 7) is 7.52. The van der Waals surface area contributed by atoms with E-state index in [-0.39, 0.29) is 17.6 Å². The Morgan fingerprint density at radius 2 is 1.87 bits per heavy atom. The minimum Gasteiger partial charge on any atom is -0.326 e. The molecule has 2 aromatic rings. The number of hydrogen-bond donors (Lipinski definition) is 1. The molecule has 0 saturated heterocycles. The Hall–Kier alpha value is -2.14. The summed E-state index contributed by atoms with van der Waals surface area (Å²) < 4.78 is 1.75. The molecule has 6 heteroatoms. The predicted molar refractivity (Wildman–Crippen MR) is 91.0 cm³/mol. The summed E-state index contributed by atoms with van der Waals surface area (Å²) in [5.74, 6) is -0.376. The predicted octanol–water partition coefficient (Wildman–Crippen LogP) is 3.63. The van der Waals surface area contributed by atoms with Gasteiger partial charge in [-0.15, -0.1) is 0 Å². The summed E-state index contributed by atoms with van der Waals surface area (Å²) in [5.41, 5.74) is 2.90. The second-order valence-corrected chi connectivity index (χ2v) is 6.07. The Labute approximate surface area is 140 Å². The summed E-state index contributed by atoms with van der Waals surface area (Å²) in [4.78, 5) is 23.5. The number of nitrogens with one attached hydrogen (secondary N) is 1. The summed E-state index contributed by atoms with van der Waals surface area (Å²) in [7, 11) is 0. The van der Waals surface area contributed by atoms with Gasteiger partial charge in [0.1, 0.15) is 0 Å². The van der Waals surface area contributed by atoms with E-state index < -0.39 is 0 Å². The van der Waals surface area contributed by atoms with E-state index in [1.54, 1.807) is 28.9 Å². The Morgan fingerprint density at radius 1 is 1.26 bits per heavy atom. The summed E-state index contributed by atoms with van der Waals surface area (Å²) in [5, 5.41) is 7.82. The van der Waals surface area contributed by atoms with Gasteiger partial charge in [-0.05, 0) is 45.0 Å². The molecule has 5 nitrogen and oxygen atoms in total. The zero-order chi connectivity index (χ0) is 17.1. The van der Waals surface area contributed by atoms with Gasteiger partial charge in [0.25, 0.3) is 0 Å². The highest BCUT2D eigenvalue weighted by atomic mass is 35.5. The van der Waals surface area contributed by atoms with Gasteiger partial charge < -0.3 is 5.32 Å². The van der Waals surface area contributed by atoms with Gasteiger partial charge in [0.2, 0.25) is 5.91 Å². The smallest absolute Gasteiger partial charge is 0.229 e. The molecule has 0 aliphatic rings. The topological polar surface area (TPSA) is 64.0 Å². The van der Waals surface area contributed by atoms with Crippen molar-refractivity contribution in [3.63, 3.8) is 0 Å². The van der Waals surface area contributed by atoms with Gasteiger partial charge in [0.15, 0.2) is 5.78 Å². The summed E-state index contributed by atoms with van der Waals surface area (Å²) in [6.07, 6.45) is 0. The van der Waals surface area contributed by atoms with E-state index in [0.717, 1.165) is 11.4 Å². The van der Waals surface area contributed by atoms with Crippen LogP contribution in [0, 0.1) is 19.8 Å². The van der Waals surface area contributed by atoms with Crippen LogP contribution in [0.25, 0.3) is 0 Å². The van der Waals surface area contributed by atoms with Crippen molar-refractivity contribution in [1.29, 1.82) is 0 Å². The maximum Gasteiger partial charge on any atom is 0.229 e. The molecule has 0 spiro atoms. The van der Waals surface area contributed by atoms with E-state index in [0.29, 0.717) is 22.8 Å². The van der Waals surface area contributed by atoms with Crippen LogP contribution >= 0.6 is 11.6 Å². The minimum atomic E-state index is -0.267. The van der Waals surface area contributed by atoms with E-state index in [4.69, 9.17) is 11.6 Å². The number of carbonyl (C=O) groups is 2. The molecule has 0 aliphatic carbocycles. The molecular weight excluding hydrogens is 314 g/mol. The zero-order valence-electron chi connectivity index (χ0n) is 13.7. The van der Waals surface area contributed by atoms with Crippen molar-refractivity contribution in [2.45, 2.75) is 34.2 Å². The Kier molecular flexibility index (Phi) is 5.21. The third kappa shape index (κ3) is 3.99. The molecular formula is C17H20ClN3O2. The Balaban J connectivity index is 2.02. The Bertz CT molecular complexity index is 735. The molecule has 0 fully saturated rings. The van der Waals surface area contributed by atoms with Crippen LogP contribution in [-0.4, -0.2) is 21.5 Å². The number of nitrogens with zero attached hydrogens (tertiary/aromatic N) is 2. The second kappa shape index (κ2) is 6.96. The highest BCUT2D eigenvalue weighted by molar-refractivity contribution is 6.31. The number of ketones is 1. The van der Waals surface area contributed by atoms with Crippen LogP contribution in [0.15, 0.2) is 24.3 Å². The van der Waals surface area contributed by atoms with E-state index in [9.17, 15) is 9.59 Å². The molecule has 0 saturated carbocycles. The third-order valence-electron chi connectivity index (χ3n) is 3.75. The van der Waals surface area contributed by atoms with Crippen LogP contribution in [0.1, 0.15) is 35.6 Å². The first kappa shape index (κ1) is 17.2. The van der Waals surface area contributed by atoms with E-state index in [1.165, 1.54) is 6.92 Å². The largest absolute Gasteiger partial charge is 0.326 e. The molecule has 1 N–H and O–H groups in total. The van der Waals surface area contributed by atoms with Gasteiger partial charge in [0.05, 0.1) is 28.9 Å². The van der Waals surface area contributed by atoms with Crippen LogP contribution in [0.5, 0.6) is 0 Å². The van der Waals surface area contributed by atoms with Gasteiger partial charge in [-0.2, -0.15) is 5.10 Å². The maximum absolute atomic E-state index is 12.3. The zero-order valence-corrected chi connectivity index (χ0v) is 14.4. The van der Waals surface area contributed by atoms with Crippen molar-refractivity contribution in [2.75, 3.05) is 5.32 Å². The second-order valence-electron chi connectivity index (χ2n) is 5.69. The fraction of sp³-hybridized carbons (Fsp3) is 0.353. The van der Waals surface area contributed by atoms with Gasteiger partial charge in [-0.3, -0.25) is 14.3 Å². The Morgan fingerprint density at radius 3 is 2.35 bits per heavy atom. The lowest BCUT2D eigenvalue weighted by Gasteiger charge is -2.13. The number of benzene rings is 1. The lowest BCUT2D eigenvalue weighted by Crippen LogP contribution is -2.25. The number of aromatic nitrogens is 2. The molecule has 23 heavy (non-hydrogen) atoms. The van der Waals surface area contributed by atoms with E-state index >= 15 is 0 Å². The number of Topliss-reactive ketones (excluding diaryl/α,β-unsaturated/α-hetero) is 1. The fourth-order valence-electron chi connectivity index (χ4n) is 2.25. The summed E-state index contributed by atoms with van der Waals surface area (Å²) in [6, 6.07) is 6.84. The van der Waals surface area contributed by atoms with Crippen molar-refractivity contribution in [2.24, 2.45) is 5.92 Å². The molecule has 1 aromatic carbocycles. The number of aryl methyl sites for hydroxylation is 1. The van der Waals surface area contributed by atoms with Crippen LogP contribution in [0.3, 0.4) is 0 Å². The molecule has 1 unspecified atom stereocenters. The van der Waals surface area contributed by atoms with Gasteiger partial charge in [-0.25, -0.2) is 0 Å². The molecule has 0 aliphatic heterocycles. The van der Waals surface area contributed by atoms with Crippen molar-refractivity contribution in [1.82, 2.24) is 9.78 Å². The van der Waals surface area contributed by atoms with Gasteiger partial charge in [-0.1, -0.05) is 18.5 Å². The van der Waals surface area contributed by atoms with Crippen LogP contribution in [0.4, 0.5) is 5.69 Å². The van der Waals surface area contributed by atoms with E-state index in [2.05, 4.69) is 10.4 Å². The van der Waals surface area contributed by atoms with Gasteiger partial charge >= 0.3 is 0 Å². The highest BCUT2D eigenvalue weighted by Gasteiger charge is 2.17. The average Bonchev–Trinajstić information content (AvgIpc) is 2.75. The monoisotopic (exact) mass is 333 g/mol. The average molecular weight is 334 g/mol. The normalized spacial score (nSPS) is 12.0. The number of anilines is 1. The quantitative estimate of drug-likeness (QED) is 0.850. The maximum atomic E-state index is 12.3. The molecule has 122 valence electrons. The highest BCUT2D eigenvalue weighted by Crippen LogP contribution is 2.20. The SMILES string of the molecule is CC(=O)c1ccc(NC(=O)C(C)Cn2nc(C)c(Cl)c2C)cc1. The number of halogens is 1. The first-order valence-corrected chi connectivity index (χ1v) is 7.78. The molecule has 1 heterocycles. The fourth-order valence-corrected chi connectivity index (χ4v) is 2.38. The minimum absolute atomic E-state index is 0.00218. The standard InChI is InChI=1S/C17H20ClN3O2/c1-10(9-21-12(3)16(18)11(2)20-21)17(23)19-15-7-5-14(6-8-15)13(4)22/h5-8,10H,9H2,1-4H3,(H,19,23). The van der Waals surface area contributed by atoms with Crippen LogP contribution in [-0.2, 0) is 11.3 Å². The number of amides is 1. The van der Waals surface area contributed by atoms with Gasteiger partial charge in [0, 0.05) is 11.3 Å². The van der Waals surface area contributed by atoms with E-state index in [1.807, 2.05) is 20.8 Å². The molecule has 1 amide bonds. The summed E-state index contributed by atoms with van der Waals surface area (Å²) >= 11 is 6.12. The van der Waals surface area contributed by atoms with Crippen molar-refractivity contribution in [3.8, 4) is 0 Å².